The number of non-ortho nitro benzene ring substituents is 1. The van der Waals surface area contributed by atoms with E-state index in [-0.39, 0.29) is 11.6 Å². The predicted molar refractivity (Wildman–Crippen MR) is 111 cm³/mol. The monoisotopic (exact) mass is 409 g/mol. The molecule has 8 heteroatoms. The summed E-state index contributed by atoms with van der Waals surface area (Å²) in [6.07, 6.45) is 0. The first-order valence-corrected chi connectivity index (χ1v) is 9.42. The lowest BCUT2D eigenvalue weighted by Gasteiger charge is -2.07. The number of nitrogens with one attached hydrogen (secondary N) is 1. The van der Waals surface area contributed by atoms with Crippen molar-refractivity contribution in [2.45, 2.75) is 0 Å². The highest BCUT2D eigenvalue weighted by atomic mass is 35.5. The lowest BCUT2D eigenvalue weighted by molar-refractivity contribution is -0.384. The zero-order valence-electron chi connectivity index (χ0n) is 14.3. The molecule has 3 aromatic carbocycles. The summed E-state index contributed by atoms with van der Waals surface area (Å²) in [4.78, 5) is 27.1. The first-order chi connectivity index (χ1) is 13.5. The number of halogens is 1. The summed E-state index contributed by atoms with van der Waals surface area (Å²) in [5.74, 6) is -0.376. The summed E-state index contributed by atoms with van der Waals surface area (Å²) in [5, 5.41) is 14.7. The van der Waals surface area contributed by atoms with Crippen molar-refractivity contribution < 1.29 is 9.72 Å². The second-order valence-electron chi connectivity index (χ2n) is 5.94. The molecule has 0 atom stereocenters. The Hall–Kier alpha value is -3.29. The number of rotatable bonds is 4. The molecule has 138 valence electrons. The third-order valence-electron chi connectivity index (χ3n) is 4.09. The minimum absolute atomic E-state index is 0.0696. The minimum atomic E-state index is -0.512. The van der Waals surface area contributed by atoms with E-state index in [1.807, 2.05) is 30.3 Å². The summed E-state index contributed by atoms with van der Waals surface area (Å²) in [5.41, 5.74) is 2.47. The Morgan fingerprint density at radius 3 is 2.50 bits per heavy atom. The summed E-state index contributed by atoms with van der Waals surface area (Å²) >= 11 is 7.96. The number of carbonyl (C=O) groups is 1. The molecule has 1 heterocycles. The molecular weight excluding hydrogens is 398 g/mol. The van der Waals surface area contributed by atoms with Gasteiger partial charge in [0.05, 0.1) is 20.2 Å². The third-order valence-corrected chi connectivity index (χ3v) is 5.47. The molecule has 1 aromatic heterocycles. The van der Waals surface area contributed by atoms with Crippen LogP contribution in [0.2, 0.25) is 5.02 Å². The fourth-order valence-corrected chi connectivity index (χ4v) is 4.02. The van der Waals surface area contributed by atoms with Crippen LogP contribution in [0.1, 0.15) is 10.4 Å². The van der Waals surface area contributed by atoms with Crippen LogP contribution in [-0.2, 0) is 0 Å². The van der Waals surface area contributed by atoms with Crippen LogP contribution in [0, 0.1) is 10.1 Å². The lowest BCUT2D eigenvalue weighted by atomic mass is 10.1. The van der Waals surface area contributed by atoms with Gasteiger partial charge in [0.1, 0.15) is 5.01 Å². The van der Waals surface area contributed by atoms with Crippen LogP contribution in [0.3, 0.4) is 0 Å². The fraction of sp³-hybridized carbons (Fsp3) is 0. The van der Waals surface area contributed by atoms with Gasteiger partial charge in [-0.1, -0.05) is 23.7 Å². The SMILES string of the molecule is O=C(Nc1ccc(-c2nc3ccccc3s2)c(Cl)c1)c1ccc([N+](=O)[O-])cc1. The molecule has 0 radical (unpaired) electrons. The normalized spacial score (nSPS) is 10.8. The third kappa shape index (κ3) is 3.58. The van der Waals surface area contributed by atoms with Gasteiger partial charge in [-0.15, -0.1) is 11.3 Å². The molecule has 0 bridgehead atoms. The largest absolute Gasteiger partial charge is 0.322 e. The molecule has 1 amide bonds. The van der Waals surface area contributed by atoms with E-state index >= 15 is 0 Å². The number of thiazole rings is 1. The van der Waals surface area contributed by atoms with Crippen molar-refractivity contribution in [2.75, 3.05) is 5.32 Å². The molecule has 0 aliphatic carbocycles. The van der Waals surface area contributed by atoms with Crippen LogP contribution >= 0.6 is 22.9 Å². The fourth-order valence-electron chi connectivity index (χ4n) is 2.69. The van der Waals surface area contributed by atoms with Gasteiger partial charge in [0.2, 0.25) is 0 Å². The van der Waals surface area contributed by atoms with Crippen LogP contribution in [0.4, 0.5) is 11.4 Å². The number of anilines is 1. The van der Waals surface area contributed by atoms with Gasteiger partial charge in [0, 0.05) is 28.9 Å². The van der Waals surface area contributed by atoms with Crippen molar-refractivity contribution >= 4 is 50.4 Å². The number of nitrogens with zero attached hydrogens (tertiary/aromatic N) is 2. The van der Waals surface area contributed by atoms with Gasteiger partial charge >= 0.3 is 0 Å². The minimum Gasteiger partial charge on any atom is -0.322 e. The summed E-state index contributed by atoms with van der Waals surface area (Å²) in [6.45, 7) is 0. The second kappa shape index (κ2) is 7.38. The number of carbonyl (C=O) groups excluding carboxylic acids is 1. The van der Waals surface area contributed by atoms with E-state index in [0.717, 1.165) is 20.8 Å². The molecule has 0 fully saturated rings. The van der Waals surface area contributed by atoms with Crippen molar-refractivity contribution in [1.29, 1.82) is 0 Å². The average Bonchev–Trinajstić information content (AvgIpc) is 3.12. The van der Waals surface area contributed by atoms with Gasteiger partial charge in [-0.25, -0.2) is 4.98 Å². The van der Waals surface area contributed by atoms with Crippen molar-refractivity contribution in [1.82, 2.24) is 4.98 Å². The number of hydrogen-bond donors (Lipinski definition) is 1. The topological polar surface area (TPSA) is 85.1 Å². The standard InChI is InChI=1S/C20H12ClN3O3S/c21-16-11-13(22-19(25)12-5-8-14(9-6-12)24(26)27)7-10-15(16)20-23-17-3-1-2-4-18(17)28-20/h1-11H,(H,22,25). The Balaban J connectivity index is 1.55. The molecule has 0 unspecified atom stereocenters. The summed E-state index contributed by atoms with van der Waals surface area (Å²) in [7, 11) is 0. The van der Waals surface area contributed by atoms with Crippen molar-refractivity contribution in [2.24, 2.45) is 0 Å². The van der Waals surface area contributed by atoms with Gasteiger partial charge < -0.3 is 5.32 Å². The maximum absolute atomic E-state index is 12.3. The number of benzene rings is 3. The number of nitro groups is 1. The highest BCUT2D eigenvalue weighted by molar-refractivity contribution is 7.21. The number of hydrogen-bond acceptors (Lipinski definition) is 5. The Bertz CT molecular complexity index is 1170. The maximum atomic E-state index is 12.3. The van der Waals surface area contributed by atoms with Gasteiger partial charge in [0.25, 0.3) is 11.6 Å². The van der Waals surface area contributed by atoms with E-state index in [0.29, 0.717) is 16.3 Å². The van der Waals surface area contributed by atoms with E-state index in [4.69, 9.17) is 11.6 Å². The summed E-state index contributed by atoms with van der Waals surface area (Å²) in [6, 6.07) is 18.5. The highest BCUT2D eigenvalue weighted by Crippen LogP contribution is 2.35. The quantitative estimate of drug-likeness (QED) is 0.342. The molecule has 0 aliphatic rings. The van der Waals surface area contributed by atoms with Crippen molar-refractivity contribution in [3.63, 3.8) is 0 Å². The average molecular weight is 410 g/mol. The van der Waals surface area contributed by atoms with Crippen LogP contribution in [0.15, 0.2) is 66.7 Å². The number of nitro benzene ring substituents is 1. The van der Waals surface area contributed by atoms with Gasteiger partial charge in [-0.2, -0.15) is 0 Å². The maximum Gasteiger partial charge on any atom is 0.269 e. The molecule has 0 saturated carbocycles. The molecule has 6 nitrogen and oxygen atoms in total. The molecule has 0 spiro atoms. The van der Waals surface area contributed by atoms with E-state index in [2.05, 4.69) is 10.3 Å². The Kier molecular flexibility index (Phi) is 4.77. The first-order valence-electron chi connectivity index (χ1n) is 8.22. The molecule has 0 aliphatic heterocycles. The zero-order valence-corrected chi connectivity index (χ0v) is 15.8. The van der Waals surface area contributed by atoms with Gasteiger partial charge in [0.15, 0.2) is 0 Å². The number of aromatic nitrogens is 1. The molecule has 0 saturated heterocycles. The molecule has 4 aromatic rings. The van der Waals surface area contributed by atoms with Crippen LogP contribution in [-0.4, -0.2) is 15.8 Å². The van der Waals surface area contributed by atoms with E-state index in [9.17, 15) is 14.9 Å². The molecule has 1 N–H and O–H groups in total. The molecule has 28 heavy (non-hydrogen) atoms. The van der Waals surface area contributed by atoms with E-state index in [1.165, 1.54) is 24.3 Å². The first kappa shape index (κ1) is 18.1. The van der Waals surface area contributed by atoms with Crippen molar-refractivity contribution in [3.05, 3.63) is 87.4 Å². The number of fused-ring (bicyclic) bond motifs is 1. The van der Waals surface area contributed by atoms with Gasteiger partial charge in [-0.05, 0) is 42.5 Å². The number of amides is 1. The van der Waals surface area contributed by atoms with Gasteiger partial charge in [-0.3, -0.25) is 14.9 Å². The smallest absolute Gasteiger partial charge is 0.269 e. The predicted octanol–water partition coefficient (Wildman–Crippen LogP) is 5.78. The number of para-hydroxylation sites is 1. The Morgan fingerprint density at radius 1 is 1.07 bits per heavy atom. The molecule has 4 rings (SSSR count). The van der Waals surface area contributed by atoms with Crippen LogP contribution in [0.25, 0.3) is 20.8 Å². The van der Waals surface area contributed by atoms with Crippen LogP contribution in [0.5, 0.6) is 0 Å². The van der Waals surface area contributed by atoms with Crippen molar-refractivity contribution in [3.8, 4) is 10.6 Å². The van der Waals surface area contributed by atoms with E-state index in [1.54, 1.807) is 23.5 Å². The zero-order chi connectivity index (χ0) is 19.7. The molecular formula is C20H12ClN3O3S. The van der Waals surface area contributed by atoms with E-state index < -0.39 is 4.92 Å². The second-order valence-corrected chi connectivity index (χ2v) is 7.38. The lowest BCUT2D eigenvalue weighted by Crippen LogP contribution is -2.11. The Labute approximate surface area is 168 Å². The summed E-state index contributed by atoms with van der Waals surface area (Å²) < 4.78 is 1.07. The highest BCUT2D eigenvalue weighted by Gasteiger charge is 2.13. The van der Waals surface area contributed by atoms with Crippen LogP contribution < -0.4 is 5.32 Å². The Morgan fingerprint density at radius 2 is 1.82 bits per heavy atom.